The number of hydrogen-bond donors (Lipinski definition) is 1. The van der Waals surface area contributed by atoms with Crippen LogP contribution in [-0.2, 0) is 6.42 Å². The standard InChI is InChI=1S/C14H16ClF2N3/c1-8(2)20-14(10(15)7-19-20)13(18)6-9-11(16)4-3-5-12(9)17/h3-5,7-8,13H,6,18H2,1-2H3. The molecule has 0 radical (unpaired) electrons. The summed E-state index contributed by atoms with van der Waals surface area (Å²) in [7, 11) is 0. The highest BCUT2D eigenvalue weighted by Gasteiger charge is 2.21. The van der Waals surface area contributed by atoms with Crippen molar-refractivity contribution < 1.29 is 8.78 Å². The minimum absolute atomic E-state index is 0.0244. The van der Waals surface area contributed by atoms with Crippen molar-refractivity contribution in [3.8, 4) is 0 Å². The summed E-state index contributed by atoms with van der Waals surface area (Å²) in [6.07, 6.45) is 1.52. The second kappa shape index (κ2) is 5.89. The third kappa shape index (κ3) is 2.83. The van der Waals surface area contributed by atoms with Gasteiger partial charge < -0.3 is 5.73 Å². The molecule has 0 fully saturated rings. The Morgan fingerprint density at radius 3 is 2.45 bits per heavy atom. The molecule has 0 spiro atoms. The predicted molar refractivity (Wildman–Crippen MR) is 74.6 cm³/mol. The van der Waals surface area contributed by atoms with E-state index >= 15 is 0 Å². The van der Waals surface area contributed by atoms with Crippen molar-refractivity contribution in [3.05, 3.63) is 52.3 Å². The van der Waals surface area contributed by atoms with Crippen LogP contribution in [0.25, 0.3) is 0 Å². The molecular weight excluding hydrogens is 284 g/mol. The van der Waals surface area contributed by atoms with Crippen LogP contribution in [0.3, 0.4) is 0 Å². The third-order valence-corrected chi connectivity index (χ3v) is 3.40. The maximum absolute atomic E-state index is 13.7. The van der Waals surface area contributed by atoms with E-state index in [2.05, 4.69) is 5.10 Å². The number of halogens is 3. The van der Waals surface area contributed by atoms with Gasteiger partial charge in [0, 0.05) is 11.6 Å². The van der Waals surface area contributed by atoms with E-state index in [9.17, 15) is 8.78 Å². The first kappa shape index (κ1) is 14.9. The molecule has 0 aliphatic rings. The Labute approximate surface area is 121 Å². The lowest BCUT2D eigenvalue weighted by atomic mass is 10.0. The van der Waals surface area contributed by atoms with Crippen molar-refractivity contribution in [2.75, 3.05) is 0 Å². The molecular formula is C14H16ClF2N3. The molecule has 108 valence electrons. The van der Waals surface area contributed by atoms with Crippen molar-refractivity contribution in [2.45, 2.75) is 32.4 Å². The molecule has 2 rings (SSSR count). The highest BCUT2D eigenvalue weighted by molar-refractivity contribution is 6.31. The van der Waals surface area contributed by atoms with E-state index in [0.717, 1.165) is 0 Å². The second-order valence-electron chi connectivity index (χ2n) is 4.93. The van der Waals surface area contributed by atoms with Crippen LogP contribution in [0.1, 0.15) is 37.2 Å². The maximum atomic E-state index is 13.7. The van der Waals surface area contributed by atoms with Crippen LogP contribution in [0.5, 0.6) is 0 Å². The van der Waals surface area contributed by atoms with Crippen LogP contribution >= 0.6 is 11.6 Å². The van der Waals surface area contributed by atoms with Crippen LogP contribution in [0.15, 0.2) is 24.4 Å². The first-order valence-corrected chi connectivity index (χ1v) is 6.71. The molecule has 0 saturated carbocycles. The summed E-state index contributed by atoms with van der Waals surface area (Å²) < 4.78 is 29.0. The Morgan fingerprint density at radius 1 is 1.30 bits per heavy atom. The lowest BCUT2D eigenvalue weighted by molar-refractivity contribution is 0.476. The zero-order valence-electron chi connectivity index (χ0n) is 11.3. The monoisotopic (exact) mass is 299 g/mol. The van der Waals surface area contributed by atoms with Crippen molar-refractivity contribution in [3.63, 3.8) is 0 Å². The summed E-state index contributed by atoms with van der Waals surface area (Å²) in [4.78, 5) is 0. The molecule has 1 heterocycles. The molecule has 6 heteroatoms. The normalized spacial score (nSPS) is 12.9. The molecule has 1 unspecified atom stereocenters. The molecule has 0 aliphatic carbocycles. The Bertz CT molecular complexity index is 590. The van der Waals surface area contributed by atoms with Gasteiger partial charge in [0.05, 0.1) is 23.0 Å². The molecule has 1 atom stereocenters. The summed E-state index contributed by atoms with van der Waals surface area (Å²) >= 11 is 6.08. The van der Waals surface area contributed by atoms with Gasteiger partial charge in [-0.1, -0.05) is 17.7 Å². The molecule has 0 amide bonds. The molecule has 0 saturated heterocycles. The smallest absolute Gasteiger partial charge is 0.129 e. The highest BCUT2D eigenvalue weighted by atomic mass is 35.5. The lowest BCUT2D eigenvalue weighted by Crippen LogP contribution is -2.21. The van der Waals surface area contributed by atoms with E-state index in [1.807, 2.05) is 13.8 Å². The van der Waals surface area contributed by atoms with Gasteiger partial charge >= 0.3 is 0 Å². The summed E-state index contributed by atoms with van der Waals surface area (Å²) in [5.41, 5.74) is 6.62. The summed E-state index contributed by atoms with van der Waals surface area (Å²) in [6.45, 7) is 3.87. The Balaban J connectivity index is 2.33. The van der Waals surface area contributed by atoms with Gasteiger partial charge in [-0.2, -0.15) is 5.10 Å². The van der Waals surface area contributed by atoms with Crippen LogP contribution in [-0.4, -0.2) is 9.78 Å². The van der Waals surface area contributed by atoms with E-state index in [1.165, 1.54) is 24.4 Å². The molecule has 0 aliphatic heterocycles. The Kier molecular flexibility index (Phi) is 4.40. The van der Waals surface area contributed by atoms with Crippen molar-refractivity contribution in [2.24, 2.45) is 5.73 Å². The zero-order valence-corrected chi connectivity index (χ0v) is 12.0. The van der Waals surface area contributed by atoms with Gasteiger partial charge in [0.1, 0.15) is 11.6 Å². The number of aromatic nitrogens is 2. The average Bonchev–Trinajstić information content (AvgIpc) is 2.76. The fraction of sp³-hybridized carbons (Fsp3) is 0.357. The number of nitrogens with zero attached hydrogens (tertiary/aromatic N) is 2. The van der Waals surface area contributed by atoms with Crippen LogP contribution < -0.4 is 5.73 Å². The van der Waals surface area contributed by atoms with Gasteiger partial charge in [0.2, 0.25) is 0 Å². The van der Waals surface area contributed by atoms with Crippen molar-refractivity contribution in [1.29, 1.82) is 0 Å². The lowest BCUT2D eigenvalue weighted by Gasteiger charge is -2.18. The molecule has 3 nitrogen and oxygen atoms in total. The van der Waals surface area contributed by atoms with Gasteiger partial charge in [-0.3, -0.25) is 4.68 Å². The molecule has 0 bridgehead atoms. The van der Waals surface area contributed by atoms with Gasteiger partial charge in [-0.15, -0.1) is 0 Å². The van der Waals surface area contributed by atoms with Crippen molar-refractivity contribution in [1.82, 2.24) is 9.78 Å². The maximum Gasteiger partial charge on any atom is 0.129 e. The molecule has 20 heavy (non-hydrogen) atoms. The van der Waals surface area contributed by atoms with E-state index < -0.39 is 17.7 Å². The number of benzene rings is 1. The van der Waals surface area contributed by atoms with E-state index in [0.29, 0.717) is 10.7 Å². The number of hydrogen-bond acceptors (Lipinski definition) is 2. The predicted octanol–water partition coefficient (Wildman–Crippen LogP) is 3.64. The number of rotatable bonds is 4. The van der Waals surface area contributed by atoms with E-state index in [-0.39, 0.29) is 18.0 Å². The summed E-state index contributed by atoms with van der Waals surface area (Å²) in [5, 5.41) is 4.55. The van der Waals surface area contributed by atoms with Gasteiger partial charge in [-0.05, 0) is 32.4 Å². The SMILES string of the molecule is CC(C)n1ncc(Cl)c1C(N)Cc1c(F)cccc1F. The summed E-state index contributed by atoms with van der Waals surface area (Å²) in [5.74, 6) is -1.21. The minimum atomic E-state index is -0.626. The molecule has 2 aromatic rings. The van der Waals surface area contributed by atoms with E-state index in [4.69, 9.17) is 17.3 Å². The fourth-order valence-corrected chi connectivity index (χ4v) is 2.42. The van der Waals surface area contributed by atoms with Gasteiger partial charge in [0.15, 0.2) is 0 Å². The summed E-state index contributed by atoms with van der Waals surface area (Å²) in [6, 6.07) is 3.19. The van der Waals surface area contributed by atoms with Crippen LogP contribution in [0, 0.1) is 11.6 Å². The first-order valence-electron chi connectivity index (χ1n) is 6.33. The Hall–Kier alpha value is -1.46. The molecule has 2 N–H and O–H groups in total. The van der Waals surface area contributed by atoms with Gasteiger partial charge in [-0.25, -0.2) is 8.78 Å². The fourth-order valence-electron chi connectivity index (χ4n) is 2.15. The van der Waals surface area contributed by atoms with Crippen LogP contribution in [0.2, 0.25) is 5.02 Å². The Morgan fingerprint density at radius 2 is 1.90 bits per heavy atom. The first-order chi connectivity index (χ1) is 9.41. The average molecular weight is 300 g/mol. The highest BCUT2D eigenvalue weighted by Crippen LogP contribution is 2.27. The molecule has 1 aromatic heterocycles. The topological polar surface area (TPSA) is 43.8 Å². The van der Waals surface area contributed by atoms with Gasteiger partial charge in [0.25, 0.3) is 0 Å². The largest absolute Gasteiger partial charge is 0.322 e. The minimum Gasteiger partial charge on any atom is -0.322 e. The van der Waals surface area contributed by atoms with E-state index in [1.54, 1.807) is 4.68 Å². The number of nitrogens with two attached hydrogens (primary N) is 1. The quantitative estimate of drug-likeness (QED) is 0.936. The molecule has 1 aromatic carbocycles. The third-order valence-electron chi connectivity index (χ3n) is 3.11. The zero-order chi connectivity index (χ0) is 14.9. The van der Waals surface area contributed by atoms with Crippen molar-refractivity contribution >= 4 is 11.6 Å². The second-order valence-corrected chi connectivity index (χ2v) is 5.33. The van der Waals surface area contributed by atoms with Crippen LogP contribution in [0.4, 0.5) is 8.78 Å².